The normalized spacial score (nSPS) is 15.8. The molecule has 0 radical (unpaired) electrons. The first kappa shape index (κ1) is 15.0. The Labute approximate surface area is 136 Å². The fraction of sp³-hybridized carbons (Fsp3) is 0.333. The van der Waals surface area contributed by atoms with Crippen molar-refractivity contribution in [2.24, 2.45) is 0 Å². The fourth-order valence-electron chi connectivity index (χ4n) is 2.85. The van der Waals surface area contributed by atoms with Gasteiger partial charge < -0.3 is 15.4 Å². The number of benzene rings is 2. The number of rotatable bonds is 3. The topological polar surface area (TPSA) is 38.5 Å². The van der Waals surface area contributed by atoms with E-state index in [4.69, 9.17) is 22.1 Å². The lowest BCUT2D eigenvalue weighted by atomic mass is 10.1. The van der Waals surface area contributed by atoms with Gasteiger partial charge in [-0.1, -0.05) is 23.7 Å². The summed E-state index contributed by atoms with van der Waals surface area (Å²) in [6.45, 7) is 4.13. The van der Waals surface area contributed by atoms with Gasteiger partial charge in [0.25, 0.3) is 0 Å². The van der Waals surface area contributed by atoms with E-state index in [0.29, 0.717) is 10.7 Å². The molecule has 0 saturated carbocycles. The minimum atomic E-state index is 0.210. The van der Waals surface area contributed by atoms with Gasteiger partial charge in [0.1, 0.15) is 11.9 Å². The van der Waals surface area contributed by atoms with Gasteiger partial charge in [0.05, 0.1) is 5.02 Å². The Morgan fingerprint density at radius 2 is 1.91 bits per heavy atom. The number of halogens is 1. The molecule has 0 spiro atoms. The van der Waals surface area contributed by atoms with Crippen LogP contribution in [0.25, 0.3) is 0 Å². The van der Waals surface area contributed by atoms with Gasteiger partial charge in [0, 0.05) is 37.3 Å². The molecule has 3 nitrogen and oxygen atoms in total. The van der Waals surface area contributed by atoms with Crippen molar-refractivity contribution in [2.75, 3.05) is 23.7 Å². The summed E-state index contributed by atoms with van der Waals surface area (Å²) in [5, 5.41) is 0.584. The molecule has 0 aliphatic carbocycles. The maximum Gasteiger partial charge on any atom is 0.138 e. The Hall–Kier alpha value is -1.87. The highest BCUT2D eigenvalue weighted by Crippen LogP contribution is 2.30. The Balaban J connectivity index is 1.60. The van der Waals surface area contributed by atoms with Crippen LogP contribution in [0.15, 0.2) is 42.5 Å². The van der Waals surface area contributed by atoms with Crippen LogP contribution in [-0.4, -0.2) is 19.2 Å². The molecule has 2 N–H and O–H groups in total. The minimum Gasteiger partial charge on any atom is -0.489 e. The van der Waals surface area contributed by atoms with E-state index in [2.05, 4.69) is 36.1 Å². The largest absolute Gasteiger partial charge is 0.489 e. The number of hydrogen-bond acceptors (Lipinski definition) is 3. The van der Waals surface area contributed by atoms with Crippen LogP contribution >= 0.6 is 11.6 Å². The van der Waals surface area contributed by atoms with Crippen LogP contribution in [0.4, 0.5) is 11.4 Å². The van der Waals surface area contributed by atoms with Crippen molar-refractivity contribution in [3.05, 3.63) is 53.1 Å². The second-order valence-corrected chi connectivity index (χ2v) is 6.24. The highest BCUT2D eigenvalue weighted by molar-refractivity contribution is 6.32. The second-order valence-electron chi connectivity index (χ2n) is 5.83. The Morgan fingerprint density at radius 3 is 2.59 bits per heavy atom. The van der Waals surface area contributed by atoms with Gasteiger partial charge >= 0.3 is 0 Å². The minimum absolute atomic E-state index is 0.210. The van der Waals surface area contributed by atoms with Crippen LogP contribution in [0.2, 0.25) is 5.02 Å². The van der Waals surface area contributed by atoms with Crippen molar-refractivity contribution in [3.63, 3.8) is 0 Å². The van der Waals surface area contributed by atoms with Crippen LogP contribution in [0.5, 0.6) is 5.75 Å². The van der Waals surface area contributed by atoms with E-state index in [1.807, 2.05) is 12.1 Å². The summed E-state index contributed by atoms with van der Waals surface area (Å²) in [7, 11) is 0. The molecular weight excluding hydrogens is 296 g/mol. The number of piperidine rings is 1. The Kier molecular flexibility index (Phi) is 4.44. The van der Waals surface area contributed by atoms with E-state index in [9.17, 15) is 0 Å². The molecule has 1 heterocycles. The third-order valence-electron chi connectivity index (χ3n) is 4.06. The number of ether oxygens (including phenoxy) is 1. The molecule has 3 rings (SSSR count). The van der Waals surface area contributed by atoms with Gasteiger partial charge in [-0.05, 0) is 42.8 Å². The van der Waals surface area contributed by atoms with E-state index < -0.39 is 0 Å². The van der Waals surface area contributed by atoms with E-state index in [0.717, 1.165) is 31.7 Å². The van der Waals surface area contributed by atoms with Crippen LogP contribution < -0.4 is 15.4 Å². The predicted octanol–water partition coefficient (Wildman–Crippen LogP) is 4.28. The molecule has 1 saturated heterocycles. The summed E-state index contributed by atoms with van der Waals surface area (Å²) < 4.78 is 6.03. The van der Waals surface area contributed by atoms with Crippen LogP contribution in [-0.2, 0) is 0 Å². The Bertz CT molecular complexity index is 651. The fourth-order valence-corrected chi connectivity index (χ4v) is 3.08. The molecule has 2 aromatic rings. The molecule has 116 valence electrons. The Morgan fingerprint density at radius 1 is 1.14 bits per heavy atom. The van der Waals surface area contributed by atoms with E-state index in [1.54, 1.807) is 6.07 Å². The molecule has 4 heteroatoms. The first-order chi connectivity index (χ1) is 10.6. The molecule has 0 amide bonds. The van der Waals surface area contributed by atoms with Crippen molar-refractivity contribution in [1.82, 2.24) is 0 Å². The van der Waals surface area contributed by atoms with Gasteiger partial charge in [0.15, 0.2) is 0 Å². The summed E-state index contributed by atoms with van der Waals surface area (Å²) in [5.74, 6) is 0.727. The maximum atomic E-state index is 6.18. The maximum absolute atomic E-state index is 6.18. The number of anilines is 2. The number of nitrogens with zero attached hydrogens (tertiary/aromatic N) is 1. The van der Waals surface area contributed by atoms with Crippen LogP contribution in [0.1, 0.15) is 18.4 Å². The molecule has 1 aliphatic rings. The van der Waals surface area contributed by atoms with Gasteiger partial charge in [-0.3, -0.25) is 0 Å². The van der Waals surface area contributed by atoms with Gasteiger partial charge in [-0.2, -0.15) is 0 Å². The van der Waals surface area contributed by atoms with E-state index in [1.165, 1.54) is 11.3 Å². The van der Waals surface area contributed by atoms with Gasteiger partial charge in [-0.15, -0.1) is 0 Å². The summed E-state index contributed by atoms with van der Waals surface area (Å²) in [6, 6.07) is 14.1. The lowest BCUT2D eigenvalue weighted by Gasteiger charge is -2.34. The monoisotopic (exact) mass is 316 g/mol. The third kappa shape index (κ3) is 3.47. The van der Waals surface area contributed by atoms with Crippen molar-refractivity contribution in [3.8, 4) is 5.75 Å². The average Bonchev–Trinajstić information content (AvgIpc) is 2.51. The van der Waals surface area contributed by atoms with Crippen LogP contribution in [0, 0.1) is 6.92 Å². The molecule has 22 heavy (non-hydrogen) atoms. The van der Waals surface area contributed by atoms with Gasteiger partial charge in [-0.25, -0.2) is 0 Å². The lowest BCUT2D eigenvalue weighted by molar-refractivity contribution is 0.171. The first-order valence-corrected chi connectivity index (χ1v) is 8.03. The second kappa shape index (κ2) is 6.49. The standard InChI is InChI=1S/C18H21ClN2O/c1-13-3-2-4-15(11-13)21-9-7-16(8-10-21)22-18-6-5-14(20)12-17(18)19/h2-6,11-12,16H,7-10,20H2,1H3. The van der Waals surface area contributed by atoms with Crippen molar-refractivity contribution in [2.45, 2.75) is 25.9 Å². The SMILES string of the molecule is Cc1cccc(N2CCC(Oc3ccc(N)cc3Cl)CC2)c1. The zero-order valence-corrected chi connectivity index (χ0v) is 13.5. The van der Waals surface area contributed by atoms with Gasteiger partial charge in [0.2, 0.25) is 0 Å². The number of aryl methyl sites for hydroxylation is 1. The molecule has 2 aromatic carbocycles. The summed E-state index contributed by atoms with van der Waals surface area (Å²) in [4.78, 5) is 2.41. The molecule has 0 bridgehead atoms. The molecule has 1 aliphatic heterocycles. The van der Waals surface area contributed by atoms with Crippen molar-refractivity contribution < 1.29 is 4.74 Å². The molecule has 0 atom stereocenters. The quantitative estimate of drug-likeness (QED) is 0.859. The molecule has 0 unspecified atom stereocenters. The predicted molar refractivity (Wildman–Crippen MR) is 92.9 cm³/mol. The van der Waals surface area contributed by atoms with E-state index in [-0.39, 0.29) is 6.10 Å². The molecule has 1 fully saturated rings. The first-order valence-electron chi connectivity index (χ1n) is 7.65. The summed E-state index contributed by atoms with van der Waals surface area (Å²) >= 11 is 6.18. The molecule has 0 aromatic heterocycles. The number of hydrogen-bond donors (Lipinski definition) is 1. The van der Waals surface area contributed by atoms with Crippen molar-refractivity contribution in [1.29, 1.82) is 0 Å². The lowest BCUT2D eigenvalue weighted by Crippen LogP contribution is -2.38. The average molecular weight is 317 g/mol. The van der Waals surface area contributed by atoms with E-state index >= 15 is 0 Å². The zero-order chi connectivity index (χ0) is 15.5. The zero-order valence-electron chi connectivity index (χ0n) is 12.8. The van der Waals surface area contributed by atoms with Crippen molar-refractivity contribution >= 4 is 23.0 Å². The van der Waals surface area contributed by atoms with Crippen LogP contribution in [0.3, 0.4) is 0 Å². The number of nitrogens with two attached hydrogens (primary N) is 1. The number of nitrogen functional groups attached to an aromatic ring is 1. The third-order valence-corrected chi connectivity index (χ3v) is 4.35. The summed E-state index contributed by atoms with van der Waals surface area (Å²) in [5.41, 5.74) is 8.96. The summed E-state index contributed by atoms with van der Waals surface area (Å²) in [6.07, 6.45) is 2.20. The smallest absolute Gasteiger partial charge is 0.138 e. The highest BCUT2D eigenvalue weighted by Gasteiger charge is 2.21. The highest BCUT2D eigenvalue weighted by atomic mass is 35.5. The molecular formula is C18H21ClN2O.